The van der Waals surface area contributed by atoms with Crippen LogP contribution in [0.4, 0.5) is 0 Å². The molecule has 4 nitrogen and oxygen atoms in total. The number of hydrogen-bond acceptors (Lipinski definition) is 2. The summed E-state index contributed by atoms with van der Waals surface area (Å²) in [6.07, 6.45) is 0. The number of nitrogens with zero attached hydrogens (tertiary/aromatic N) is 2. The van der Waals surface area contributed by atoms with Gasteiger partial charge in [-0.3, -0.25) is 9.69 Å². The Bertz CT molecular complexity index is 1410. The van der Waals surface area contributed by atoms with E-state index in [1.54, 1.807) is 0 Å². The van der Waals surface area contributed by atoms with Gasteiger partial charge in [-0.1, -0.05) is 97.1 Å². The molecule has 1 aliphatic rings. The molecule has 36 heavy (non-hydrogen) atoms. The van der Waals surface area contributed by atoms with E-state index in [1.807, 2.05) is 29.2 Å². The molecule has 4 heteroatoms. The van der Waals surface area contributed by atoms with Crippen LogP contribution < -0.4 is 0 Å². The van der Waals surface area contributed by atoms with E-state index >= 15 is 0 Å². The summed E-state index contributed by atoms with van der Waals surface area (Å²) in [4.78, 5) is 21.2. The van der Waals surface area contributed by atoms with Crippen molar-refractivity contribution in [1.29, 1.82) is 0 Å². The molecule has 1 N–H and O–H groups in total. The lowest BCUT2D eigenvalue weighted by Gasteiger charge is -2.39. The van der Waals surface area contributed by atoms with Crippen LogP contribution in [0.3, 0.4) is 0 Å². The first-order chi connectivity index (χ1) is 17.8. The predicted molar refractivity (Wildman–Crippen MR) is 146 cm³/mol. The van der Waals surface area contributed by atoms with Gasteiger partial charge in [-0.15, -0.1) is 0 Å². The van der Waals surface area contributed by atoms with Crippen LogP contribution in [0.2, 0.25) is 0 Å². The molecule has 1 aliphatic heterocycles. The van der Waals surface area contributed by atoms with E-state index in [-0.39, 0.29) is 11.9 Å². The van der Waals surface area contributed by atoms with E-state index in [4.69, 9.17) is 0 Å². The Balaban J connectivity index is 1.19. The number of benzene rings is 4. The number of nitrogens with one attached hydrogen (secondary N) is 1. The molecule has 2 heterocycles. The number of piperazine rings is 1. The summed E-state index contributed by atoms with van der Waals surface area (Å²) < 4.78 is 0. The molecule has 0 spiro atoms. The van der Waals surface area contributed by atoms with E-state index in [9.17, 15) is 4.79 Å². The van der Waals surface area contributed by atoms with Crippen molar-refractivity contribution in [3.63, 3.8) is 0 Å². The fourth-order valence-corrected chi connectivity index (χ4v) is 5.30. The highest BCUT2D eigenvalue weighted by Crippen LogP contribution is 2.30. The smallest absolute Gasteiger partial charge is 0.270 e. The van der Waals surface area contributed by atoms with Gasteiger partial charge in [0.15, 0.2) is 0 Å². The molecule has 0 atom stereocenters. The SMILES string of the molecule is O=C(c1cc2cc(-c3ccccc3)ccc2[nH]1)N1CCN(C(c2ccccc2)c2ccccc2)CC1. The summed E-state index contributed by atoms with van der Waals surface area (Å²) in [7, 11) is 0. The Hall–Kier alpha value is -4.15. The number of rotatable bonds is 5. The van der Waals surface area contributed by atoms with Crippen LogP contribution in [0.5, 0.6) is 0 Å². The van der Waals surface area contributed by atoms with Gasteiger partial charge < -0.3 is 9.88 Å². The standard InChI is InChI=1S/C32H29N3O/c36-32(30-23-28-22-27(16-17-29(28)33-30)24-10-4-1-5-11-24)35-20-18-34(19-21-35)31(25-12-6-2-7-13-25)26-14-8-3-9-15-26/h1-17,22-23,31,33H,18-21H2. The van der Waals surface area contributed by atoms with E-state index in [2.05, 4.69) is 101 Å². The molecule has 0 saturated carbocycles. The monoisotopic (exact) mass is 471 g/mol. The maximum Gasteiger partial charge on any atom is 0.270 e. The highest BCUT2D eigenvalue weighted by Gasteiger charge is 2.29. The number of H-pyrrole nitrogens is 1. The van der Waals surface area contributed by atoms with Gasteiger partial charge in [-0.05, 0) is 40.5 Å². The summed E-state index contributed by atoms with van der Waals surface area (Å²) in [5.41, 5.74) is 6.55. The van der Waals surface area contributed by atoms with Crippen molar-refractivity contribution in [2.75, 3.05) is 26.2 Å². The number of aromatic nitrogens is 1. The second-order valence-electron chi connectivity index (χ2n) is 9.40. The minimum absolute atomic E-state index is 0.0723. The fourth-order valence-electron chi connectivity index (χ4n) is 5.30. The van der Waals surface area contributed by atoms with Crippen molar-refractivity contribution < 1.29 is 4.79 Å². The number of carbonyl (C=O) groups excluding carboxylic acids is 1. The highest BCUT2D eigenvalue weighted by atomic mass is 16.2. The molecule has 6 rings (SSSR count). The molecule has 1 aromatic heterocycles. The number of hydrogen-bond donors (Lipinski definition) is 1. The van der Waals surface area contributed by atoms with Crippen molar-refractivity contribution in [3.8, 4) is 11.1 Å². The van der Waals surface area contributed by atoms with Gasteiger partial charge in [0.1, 0.15) is 5.69 Å². The first-order valence-corrected chi connectivity index (χ1v) is 12.6. The number of carbonyl (C=O) groups is 1. The largest absolute Gasteiger partial charge is 0.351 e. The van der Waals surface area contributed by atoms with E-state index in [0.717, 1.165) is 29.6 Å². The summed E-state index contributed by atoms with van der Waals surface area (Å²) in [6.45, 7) is 3.08. The van der Waals surface area contributed by atoms with E-state index in [1.165, 1.54) is 16.7 Å². The first kappa shape index (κ1) is 22.3. The molecular formula is C32H29N3O. The molecule has 1 amide bonds. The van der Waals surface area contributed by atoms with Crippen molar-refractivity contribution >= 4 is 16.8 Å². The maximum atomic E-state index is 13.4. The number of aromatic amines is 1. The summed E-state index contributed by atoms with van der Waals surface area (Å²) >= 11 is 0. The van der Waals surface area contributed by atoms with Crippen molar-refractivity contribution in [2.45, 2.75) is 6.04 Å². The molecule has 1 fully saturated rings. The summed E-state index contributed by atoms with van der Waals surface area (Å²) in [5.74, 6) is 0.0723. The molecule has 178 valence electrons. The van der Waals surface area contributed by atoms with Crippen molar-refractivity contribution in [3.05, 3.63) is 132 Å². The lowest BCUT2D eigenvalue weighted by Crippen LogP contribution is -2.50. The zero-order valence-electron chi connectivity index (χ0n) is 20.2. The Morgan fingerprint density at radius 1 is 0.639 bits per heavy atom. The Morgan fingerprint density at radius 2 is 1.22 bits per heavy atom. The second kappa shape index (κ2) is 9.84. The van der Waals surface area contributed by atoms with Crippen LogP contribution in [0, 0.1) is 0 Å². The zero-order valence-corrected chi connectivity index (χ0v) is 20.2. The minimum atomic E-state index is 0.0723. The first-order valence-electron chi connectivity index (χ1n) is 12.6. The molecular weight excluding hydrogens is 442 g/mol. The van der Waals surface area contributed by atoms with Crippen LogP contribution in [0.1, 0.15) is 27.7 Å². The van der Waals surface area contributed by atoms with Gasteiger partial charge in [-0.25, -0.2) is 0 Å². The number of amides is 1. The highest BCUT2D eigenvalue weighted by molar-refractivity contribution is 5.99. The average molecular weight is 472 g/mol. The molecule has 0 bridgehead atoms. The van der Waals surface area contributed by atoms with Gasteiger partial charge >= 0.3 is 0 Å². The molecule has 0 aliphatic carbocycles. The van der Waals surface area contributed by atoms with Crippen LogP contribution in [-0.4, -0.2) is 46.9 Å². The van der Waals surface area contributed by atoms with Crippen LogP contribution >= 0.6 is 0 Å². The molecule has 4 aromatic carbocycles. The van der Waals surface area contributed by atoms with E-state index in [0.29, 0.717) is 18.8 Å². The fraction of sp³-hybridized carbons (Fsp3) is 0.156. The zero-order chi connectivity index (χ0) is 24.3. The molecule has 0 unspecified atom stereocenters. The molecule has 1 saturated heterocycles. The lowest BCUT2D eigenvalue weighted by molar-refractivity contribution is 0.0592. The Kier molecular flexibility index (Phi) is 6.10. The van der Waals surface area contributed by atoms with Crippen molar-refractivity contribution in [2.24, 2.45) is 0 Å². The van der Waals surface area contributed by atoms with Gasteiger partial charge in [0.05, 0.1) is 6.04 Å². The topological polar surface area (TPSA) is 39.3 Å². The third-order valence-corrected chi connectivity index (χ3v) is 7.16. The third kappa shape index (κ3) is 4.43. The predicted octanol–water partition coefficient (Wildman–Crippen LogP) is 6.38. The normalized spacial score (nSPS) is 14.4. The van der Waals surface area contributed by atoms with Crippen LogP contribution in [-0.2, 0) is 0 Å². The average Bonchev–Trinajstić information content (AvgIpc) is 3.38. The molecule has 0 radical (unpaired) electrons. The number of fused-ring (bicyclic) bond motifs is 1. The third-order valence-electron chi connectivity index (χ3n) is 7.16. The summed E-state index contributed by atoms with van der Waals surface area (Å²) in [6, 6.07) is 40.2. The molecule has 5 aromatic rings. The van der Waals surface area contributed by atoms with Gasteiger partial charge in [0.25, 0.3) is 5.91 Å². The maximum absolute atomic E-state index is 13.4. The van der Waals surface area contributed by atoms with Crippen LogP contribution in [0.25, 0.3) is 22.0 Å². The quantitative estimate of drug-likeness (QED) is 0.323. The summed E-state index contributed by atoms with van der Waals surface area (Å²) in [5, 5.41) is 1.06. The minimum Gasteiger partial charge on any atom is -0.351 e. The second-order valence-corrected chi connectivity index (χ2v) is 9.40. The van der Waals surface area contributed by atoms with Crippen molar-refractivity contribution in [1.82, 2.24) is 14.8 Å². The van der Waals surface area contributed by atoms with Gasteiger partial charge in [0.2, 0.25) is 0 Å². The lowest BCUT2D eigenvalue weighted by atomic mass is 9.96. The Morgan fingerprint density at radius 3 is 1.83 bits per heavy atom. The van der Waals surface area contributed by atoms with E-state index < -0.39 is 0 Å². The Labute approximate surface area is 211 Å². The van der Waals surface area contributed by atoms with Crippen LogP contribution in [0.15, 0.2) is 115 Å². The van der Waals surface area contributed by atoms with Gasteiger partial charge in [0, 0.05) is 37.1 Å². The van der Waals surface area contributed by atoms with Gasteiger partial charge in [-0.2, -0.15) is 0 Å².